The second-order valence-corrected chi connectivity index (χ2v) is 7.46. The Kier molecular flexibility index (Phi) is 7.09. The van der Waals surface area contributed by atoms with Gasteiger partial charge in [-0.2, -0.15) is 5.10 Å². The molecule has 2 amide bonds. The summed E-state index contributed by atoms with van der Waals surface area (Å²) in [6, 6.07) is 5.12. The fourth-order valence-electron chi connectivity index (χ4n) is 3.58. The van der Waals surface area contributed by atoms with Crippen molar-refractivity contribution in [1.82, 2.24) is 25.0 Å². The van der Waals surface area contributed by atoms with Crippen molar-refractivity contribution in [2.45, 2.75) is 32.9 Å². The largest absolute Gasteiger partial charge is 0.497 e. The molecular weight excluding hydrogens is 406 g/mol. The summed E-state index contributed by atoms with van der Waals surface area (Å²) in [7, 11) is 3.10. The smallest absolute Gasteiger partial charge is 0.254 e. The van der Waals surface area contributed by atoms with Gasteiger partial charge in [-0.15, -0.1) is 0 Å². The predicted octanol–water partition coefficient (Wildman–Crippen LogP) is 2.15. The molecule has 2 aromatic rings. The van der Waals surface area contributed by atoms with Crippen LogP contribution in [0.2, 0.25) is 0 Å². The molecule has 0 unspecified atom stereocenters. The highest BCUT2D eigenvalue weighted by Gasteiger charge is 2.28. The first-order chi connectivity index (χ1) is 14.5. The first-order valence-electron chi connectivity index (χ1n) is 9.91. The highest BCUT2D eigenvalue weighted by molar-refractivity contribution is 7.71. The Labute approximate surface area is 180 Å². The van der Waals surface area contributed by atoms with Crippen LogP contribution in [0, 0.1) is 10.7 Å². The number of H-pyrrole nitrogens is 1. The maximum absolute atomic E-state index is 12.9. The zero-order chi connectivity index (χ0) is 21.7. The van der Waals surface area contributed by atoms with Gasteiger partial charge in [-0.05, 0) is 44.1 Å². The average molecular weight is 434 g/mol. The summed E-state index contributed by atoms with van der Waals surface area (Å²) in [5.41, 5.74) is 0.511. The van der Waals surface area contributed by atoms with Crippen molar-refractivity contribution >= 4 is 24.0 Å². The summed E-state index contributed by atoms with van der Waals surface area (Å²) >= 11 is 5.17. The van der Waals surface area contributed by atoms with Gasteiger partial charge >= 0.3 is 0 Å². The summed E-state index contributed by atoms with van der Waals surface area (Å²) in [4.78, 5) is 27.2. The lowest BCUT2D eigenvalue weighted by Gasteiger charge is -2.31. The standard InChI is InChI=1S/C20H27N5O4S/c1-4-25-17(22-23-20(25)30)12-21-18(26)13-5-7-24(8-6-13)19(27)14-9-15(28-2)11-16(10-14)29-3/h9-11,13H,4-8,12H2,1-3H3,(H,21,26)(H,23,30). The van der Waals surface area contributed by atoms with E-state index in [1.54, 1.807) is 37.3 Å². The third-order valence-electron chi connectivity index (χ3n) is 5.33. The van der Waals surface area contributed by atoms with Gasteiger partial charge in [0.25, 0.3) is 5.91 Å². The Morgan fingerprint density at radius 2 is 1.83 bits per heavy atom. The van der Waals surface area contributed by atoms with Crippen LogP contribution in [0.4, 0.5) is 0 Å². The molecule has 0 radical (unpaired) electrons. The minimum atomic E-state index is -0.133. The highest BCUT2D eigenvalue weighted by Crippen LogP contribution is 2.25. The molecule has 0 atom stereocenters. The van der Waals surface area contributed by atoms with E-state index < -0.39 is 0 Å². The highest BCUT2D eigenvalue weighted by atomic mass is 32.1. The minimum absolute atomic E-state index is 0.0262. The number of aromatic nitrogens is 3. The molecule has 1 aromatic carbocycles. The molecule has 2 heterocycles. The molecule has 3 rings (SSSR count). The van der Waals surface area contributed by atoms with Crippen LogP contribution in [0.3, 0.4) is 0 Å². The number of nitrogens with zero attached hydrogens (tertiary/aromatic N) is 3. The molecule has 2 N–H and O–H groups in total. The Hall–Kier alpha value is -2.88. The van der Waals surface area contributed by atoms with Gasteiger partial charge in [0.2, 0.25) is 5.91 Å². The summed E-state index contributed by atoms with van der Waals surface area (Å²) < 4.78 is 12.9. The van der Waals surface area contributed by atoms with E-state index in [4.69, 9.17) is 21.7 Å². The van der Waals surface area contributed by atoms with E-state index in [2.05, 4.69) is 15.5 Å². The number of aromatic amines is 1. The number of benzene rings is 1. The first-order valence-corrected chi connectivity index (χ1v) is 10.3. The SMILES string of the molecule is CCn1c(CNC(=O)C2CCN(C(=O)c3cc(OC)cc(OC)c3)CC2)n[nH]c1=S. The first kappa shape index (κ1) is 21.8. The number of likely N-dealkylation sites (tertiary alicyclic amines) is 1. The van der Waals surface area contributed by atoms with Gasteiger partial charge in [-0.1, -0.05) is 0 Å². The molecule has 1 aromatic heterocycles. The number of hydrogen-bond donors (Lipinski definition) is 2. The lowest BCUT2D eigenvalue weighted by Crippen LogP contribution is -2.43. The maximum atomic E-state index is 12.9. The lowest BCUT2D eigenvalue weighted by atomic mass is 9.95. The van der Waals surface area contributed by atoms with E-state index in [-0.39, 0.29) is 17.7 Å². The summed E-state index contributed by atoms with van der Waals surface area (Å²) in [6.45, 7) is 4.02. The van der Waals surface area contributed by atoms with E-state index in [1.807, 2.05) is 11.5 Å². The van der Waals surface area contributed by atoms with Crippen LogP contribution in [0.15, 0.2) is 18.2 Å². The molecular formula is C20H27N5O4S. The van der Waals surface area contributed by atoms with Crippen molar-refractivity contribution < 1.29 is 19.1 Å². The van der Waals surface area contributed by atoms with Gasteiger partial charge in [-0.3, -0.25) is 14.7 Å². The summed E-state index contributed by atoms with van der Waals surface area (Å²) in [5, 5.41) is 9.84. The van der Waals surface area contributed by atoms with Crippen molar-refractivity contribution in [3.8, 4) is 11.5 Å². The number of carbonyl (C=O) groups excluding carboxylic acids is 2. The van der Waals surface area contributed by atoms with Crippen LogP contribution >= 0.6 is 12.2 Å². The number of nitrogens with one attached hydrogen (secondary N) is 2. The van der Waals surface area contributed by atoms with Gasteiger partial charge in [-0.25, -0.2) is 0 Å². The molecule has 162 valence electrons. The Bertz CT molecular complexity index is 940. The number of hydrogen-bond acceptors (Lipinski definition) is 6. The molecule has 10 heteroatoms. The van der Waals surface area contributed by atoms with Gasteiger partial charge in [0, 0.05) is 37.2 Å². The predicted molar refractivity (Wildman–Crippen MR) is 113 cm³/mol. The second-order valence-electron chi connectivity index (χ2n) is 7.07. The van der Waals surface area contributed by atoms with Crippen molar-refractivity contribution in [3.05, 3.63) is 34.4 Å². The van der Waals surface area contributed by atoms with Crippen molar-refractivity contribution in [2.24, 2.45) is 5.92 Å². The van der Waals surface area contributed by atoms with Crippen LogP contribution in [-0.2, 0) is 17.9 Å². The summed E-state index contributed by atoms with van der Waals surface area (Å²) in [6.07, 6.45) is 1.22. The normalized spacial score (nSPS) is 14.4. The number of piperidine rings is 1. The van der Waals surface area contributed by atoms with Crippen LogP contribution in [0.5, 0.6) is 11.5 Å². The number of rotatable bonds is 7. The van der Waals surface area contributed by atoms with E-state index in [0.717, 1.165) is 0 Å². The molecule has 0 saturated carbocycles. The van der Waals surface area contributed by atoms with E-state index >= 15 is 0 Å². The molecule has 0 bridgehead atoms. The molecule has 0 aliphatic carbocycles. The number of ether oxygens (including phenoxy) is 2. The number of methoxy groups -OCH3 is 2. The van der Waals surface area contributed by atoms with Gasteiger partial charge in [0.05, 0.1) is 20.8 Å². The zero-order valence-electron chi connectivity index (χ0n) is 17.4. The molecule has 1 aliphatic heterocycles. The van der Waals surface area contributed by atoms with Crippen LogP contribution in [-0.4, -0.2) is 58.8 Å². The van der Waals surface area contributed by atoms with Crippen molar-refractivity contribution in [1.29, 1.82) is 0 Å². The Morgan fingerprint density at radius 1 is 1.20 bits per heavy atom. The molecule has 1 aliphatic rings. The van der Waals surface area contributed by atoms with Gasteiger partial charge in [0.15, 0.2) is 10.6 Å². The van der Waals surface area contributed by atoms with E-state index in [9.17, 15) is 9.59 Å². The van der Waals surface area contributed by atoms with E-state index in [0.29, 0.717) is 66.7 Å². The van der Waals surface area contributed by atoms with E-state index in [1.165, 1.54) is 0 Å². The average Bonchev–Trinajstić information content (AvgIpc) is 3.15. The van der Waals surface area contributed by atoms with Gasteiger partial charge < -0.3 is 24.3 Å². The molecule has 30 heavy (non-hydrogen) atoms. The summed E-state index contributed by atoms with van der Waals surface area (Å²) in [5.74, 6) is 1.58. The van der Waals surface area contributed by atoms with Crippen LogP contribution in [0.25, 0.3) is 0 Å². The molecule has 9 nitrogen and oxygen atoms in total. The molecule has 1 fully saturated rings. The maximum Gasteiger partial charge on any atom is 0.254 e. The minimum Gasteiger partial charge on any atom is -0.497 e. The Balaban J connectivity index is 1.55. The number of carbonyl (C=O) groups is 2. The molecule has 1 saturated heterocycles. The molecule has 0 spiro atoms. The monoisotopic (exact) mass is 433 g/mol. The van der Waals surface area contributed by atoms with Crippen molar-refractivity contribution in [2.75, 3.05) is 27.3 Å². The van der Waals surface area contributed by atoms with Crippen LogP contribution in [0.1, 0.15) is 35.9 Å². The van der Waals surface area contributed by atoms with Gasteiger partial charge in [0.1, 0.15) is 11.5 Å². The third kappa shape index (κ3) is 4.81. The number of amides is 2. The fourth-order valence-corrected chi connectivity index (χ4v) is 3.86. The second kappa shape index (κ2) is 9.75. The van der Waals surface area contributed by atoms with Crippen molar-refractivity contribution in [3.63, 3.8) is 0 Å². The topological polar surface area (TPSA) is 101 Å². The fraction of sp³-hybridized carbons (Fsp3) is 0.500. The third-order valence-corrected chi connectivity index (χ3v) is 5.64. The lowest BCUT2D eigenvalue weighted by molar-refractivity contribution is -0.126. The Morgan fingerprint density at radius 3 is 2.40 bits per heavy atom. The quantitative estimate of drug-likeness (QED) is 0.649. The van der Waals surface area contributed by atoms with Crippen LogP contribution < -0.4 is 14.8 Å². The zero-order valence-corrected chi connectivity index (χ0v) is 18.3.